The fourth-order valence-corrected chi connectivity index (χ4v) is 2.10. The van der Waals surface area contributed by atoms with Gasteiger partial charge in [-0.15, -0.1) is 24.8 Å². The predicted octanol–water partition coefficient (Wildman–Crippen LogP) is 0.291. The van der Waals surface area contributed by atoms with Crippen molar-refractivity contribution in [3.63, 3.8) is 0 Å². The van der Waals surface area contributed by atoms with Crippen molar-refractivity contribution < 1.29 is 14.3 Å². The van der Waals surface area contributed by atoms with E-state index in [1.54, 1.807) is 7.11 Å². The van der Waals surface area contributed by atoms with E-state index >= 15 is 0 Å². The highest BCUT2D eigenvalue weighted by Gasteiger charge is 2.22. The minimum Gasteiger partial charge on any atom is -0.383 e. The zero-order chi connectivity index (χ0) is 14.1. The van der Waals surface area contributed by atoms with Gasteiger partial charge in [-0.3, -0.25) is 9.69 Å². The van der Waals surface area contributed by atoms with Crippen molar-refractivity contribution in [3.8, 4) is 0 Å². The van der Waals surface area contributed by atoms with Crippen molar-refractivity contribution in [1.29, 1.82) is 0 Å². The van der Waals surface area contributed by atoms with Crippen molar-refractivity contribution in [2.75, 3.05) is 53.1 Å². The lowest BCUT2D eigenvalue weighted by Crippen LogP contribution is -2.53. The molecule has 0 radical (unpaired) electrons. The fraction of sp³-hybridized carbons (Fsp3) is 0.923. The zero-order valence-corrected chi connectivity index (χ0v) is 14.7. The fourth-order valence-electron chi connectivity index (χ4n) is 2.10. The molecule has 0 saturated carbocycles. The monoisotopic (exact) mass is 345 g/mol. The number of rotatable bonds is 8. The van der Waals surface area contributed by atoms with E-state index in [1.807, 2.05) is 6.92 Å². The molecule has 2 atom stereocenters. The normalized spacial score (nSPS) is 18.0. The quantitative estimate of drug-likeness (QED) is 0.619. The molecule has 128 valence electrons. The number of carbonyl (C=O) groups is 1. The number of nitrogens with one attached hydrogen (secondary N) is 2. The van der Waals surface area contributed by atoms with Gasteiger partial charge in [0.15, 0.2) is 0 Å². The predicted molar refractivity (Wildman–Crippen MR) is 88.7 cm³/mol. The third-order valence-corrected chi connectivity index (χ3v) is 3.50. The van der Waals surface area contributed by atoms with Crippen LogP contribution in [-0.4, -0.2) is 76.0 Å². The Morgan fingerprint density at radius 2 is 1.90 bits per heavy atom. The van der Waals surface area contributed by atoms with E-state index in [-0.39, 0.29) is 36.8 Å². The summed E-state index contributed by atoms with van der Waals surface area (Å²) in [5.74, 6) is 0.0312. The Balaban J connectivity index is 0. The minimum atomic E-state index is 0. The zero-order valence-electron chi connectivity index (χ0n) is 13.1. The van der Waals surface area contributed by atoms with Crippen LogP contribution >= 0.6 is 24.8 Å². The van der Waals surface area contributed by atoms with Gasteiger partial charge in [0.2, 0.25) is 5.91 Å². The number of hydrogen-bond donors (Lipinski definition) is 2. The molecule has 0 bridgehead atoms. The maximum atomic E-state index is 11.7. The molecular formula is C13H29Cl2N3O3. The molecule has 21 heavy (non-hydrogen) atoms. The summed E-state index contributed by atoms with van der Waals surface area (Å²) in [6.45, 7) is 9.28. The molecule has 1 amide bonds. The average molecular weight is 346 g/mol. The van der Waals surface area contributed by atoms with Crippen LogP contribution in [0.2, 0.25) is 0 Å². The van der Waals surface area contributed by atoms with Gasteiger partial charge in [0.1, 0.15) is 0 Å². The largest absolute Gasteiger partial charge is 0.383 e. The summed E-state index contributed by atoms with van der Waals surface area (Å²) in [6, 6.07) is 0.460. The van der Waals surface area contributed by atoms with Crippen LogP contribution in [0.25, 0.3) is 0 Å². The van der Waals surface area contributed by atoms with Crippen LogP contribution in [0.3, 0.4) is 0 Å². The smallest absolute Gasteiger partial charge is 0.234 e. The third kappa shape index (κ3) is 9.50. The number of amides is 1. The van der Waals surface area contributed by atoms with Crippen LogP contribution in [-0.2, 0) is 14.3 Å². The molecule has 0 aromatic carbocycles. The van der Waals surface area contributed by atoms with Gasteiger partial charge in [0.25, 0.3) is 0 Å². The Hall–Kier alpha value is -0.110. The van der Waals surface area contributed by atoms with Gasteiger partial charge in [-0.05, 0) is 13.8 Å². The number of ether oxygens (including phenoxy) is 2. The Morgan fingerprint density at radius 1 is 1.29 bits per heavy atom. The Bertz CT molecular complexity index is 267. The van der Waals surface area contributed by atoms with E-state index in [9.17, 15) is 4.79 Å². The molecule has 0 spiro atoms. The highest BCUT2D eigenvalue weighted by atomic mass is 35.5. The molecule has 2 N–H and O–H groups in total. The first kappa shape index (κ1) is 23.2. The molecule has 0 aromatic heterocycles. The minimum absolute atomic E-state index is 0. The van der Waals surface area contributed by atoms with Crippen molar-refractivity contribution in [1.82, 2.24) is 15.5 Å². The molecule has 1 aliphatic heterocycles. The van der Waals surface area contributed by atoms with Gasteiger partial charge < -0.3 is 20.1 Å². The molecule has 1 aliphatic rings. The molecule has 1 heterocycles. The van der Waals surface area contributed by atoms with Crippen LogP contribution in [0, 0.1) is 0 Å². The van der Waals surface area contributed by atoms with Crippen LogP contribution in [0.15, 0.2) is 0 Å². The Labute approximate surface area is 140 Å². The number of methoxy groups -OCH3 is 1. The summed E-state index contributed by atoms with van der Waals surface area (Å²) in [7, 11) is 1.65. The molecule has 0 aromatic rings. The van der Waals surface area contributed by atoms with Crippen LogP contribution < -0.4 is 10.6 Å². The van der Waals surface area contributed by atoms with Gasteiger partial charge in [0, 0.05) is 38.8 Å². The second-order valence-corrected chi connectivity index (χ2v) is 4.91. The molecular weight excluding hydrogens is 317 g/mol. The molecule has 1 saturated heterocycles. The number of nitrogens with zero attached hydrogens (tertiary/aromatic N) is 1. The van der Waals surface area contributed by atoms with E-state index in [1.165, 1.54) is 0 Å². The highest BCUT2D eigenvalue weighted by Crippen LogP contribution is 2.07. The maximum Gasteiger partial charge on any atom is 0.234 e. The van der Waals surface area contributed by atoms with Gasteiger partial charge in [-0.25, -0.2) is 0 Å². The molecule has 6 nitrogen and oxygen atoms in total. The van der Waals surface area contributed by atoms with Gasteiger partial charge in [-0.1, -0.05) is 0 Å². The van der Waals surface area contributed by atoms with Crippen LogP contribution in [0.4, 0.5) is 0 Å². The summed E-state index contributed by atoms with van der Waals surface area (Å²) in [5, 5.41) is 6.07. The van der Waals surface area contributed by atoms with E-state index in [0.29, 0.717) is 25.7 Å². The first-order chi connectivity index (χ1) is 9.15. The van der Waals surface area contributed by atoms with Crippen LogP contribution in [0.5, 0.6) is 0 Å². The molecule has 1 fully saturated rings. The van der Waals surface area contributed by atoms with Crippen molar-refractivity contribution in [3.05, 3.63) is 0 Å². The third-order valence-electron chi connectivity index (χ3n) is 3.50. The van der Waals surface area contributed by atoms with Gasteiger partial charge in [0.05, 0.1) is 26.4 Å². The number of carbonyl (C=O) groups excluding carboxylic acids is 1. The standard InChI is InChI=1S/C13H27N3O3.2ClH/c1-11(12(2)16-5-8-19-9-6-16)15-13(17)10-14-4-7-18-3;;/h11-12,14H,4-10H2,1-3H3,(H,15,17);2*1H. The maximum absolute atomic E-state index is 11.7. The van der Waals surface area contributed by atoms with E-state index in [0.717, 1.165) is 26.3 Å². The first-order valence-electron chi connectivity index (χ1n) is 6.96. The van der Waals surface area contributed by atoms with Crippen LogP contribution in [0.1, 0.15) is 13.8 Å². The number of halogens is 2. The average Bonchev–Trinajstić information content (AvgIpc) is 2.43. The summed E-state index contributed by atoms with van der Waals surface area (Å²) in [6.07, 6.45) is 0. The lowest BCUT2D eigenvalue weighted by atomic mass is 10.1. The topological polar surface area (TPSA) is 62.8 Å². The second-order valence-electron chi connectivity index (χ2n) is 4.91. The SMILES string of the molecule is COCCNCC(=O)NC(C)C(C)N1CCOCC1.Cl.Cl. The number of hydrogen-bond acceptors (Lipinski definition) is 5. The van der Waals surface area contributed by atoms with E-state index in [4.69, 9.17) is 9.47 Å². The van der Waals surface area contributed by atoms with Gasteiger partial charge in [-0.2, -0.15) is 0 Å². The first-order valence-corrected chi connectivity index (χ1v) is 6.96. The molecule has 1 rings (SSSR count). The summed E-state index contributed by atoms with van der Waals surface area (Å²) in [4.78, 5) is 14.1. The summed E-state index contributed by atoms with van der Waals surface area (Å²) < 4.78 is 10.2. The van der Waals surface area contributed by atoms with Crippen molar-refractivity contribution in [2.45, 2.75) is 25.9 Å². The second kappa shape index (κ2) is 13.5. The lowest BCUT2D eigenvalue weighted by Gasteiger charge is -2.35. The Kier molecular flexibility index (Phi) is 14.9. The highest BCUT2D eigenvalue weighted by molar-refractivity contribution is 5.85. The van der Waals surface area contributed by atoms with E-state index < -0.39 is 0 Å². The summed E-state index contributed by atoms with van der Waals surface area (Å²) >= 11 is 0. The van der Waals surface area contributed by atoms with E-state index in [2.05, 4.69) is 22.5 Å². The molecule has 0 aliphatic carbocycles. The van der Waals surface area contributed by atoms with Gasteiger partial charge >= 0.3 is 0 Å². The van der Waals surface area contributed by atoms with Crippen molar-refractivity contribution in [2.24, 2.45) is 0 Å². The lowest BCUT2D eigenvalue weighted by molar-refractivity contribution is -0.121. The molecule has 8 heteroatoms. The van der Waals surface area contributed by atoms with Crippen molar-refractivity contribution >= 4 is 30.7 Å². The summed E-state index contributed by atoms with van der Waals surface area (Å²) in [5.41, 5.74) is 0. The molecule has 2 unspecified atom stereocenters. The number of morpholine rings is 1. The Morgan fingerprint density at radius 3 is 2.48 bits per heavy atom.